The van der Waals surface area contributed by atoms with E-state index in [0.29, 0.717) is 6.54 Å². The molecule has 1 saturated heterocycles. The van der Waals surface area contributed by atoms with Crippen LogP contribution in [0.15, 0.2) is 29.4 Å². The van der Waals surface area contributed by atoms with Crippen LogP contribution >= 0.6 is 0 Å². The van der Waals surface area contributed by atoms with E-state index in [9.17, 15) is 9.59 Å². The fourth-order valence-electron chi connectivity index (χ4n) is 2.02. The number of rotatable bonds is 4. The van der Waals surface area contributed by atoms with Gasteiger partial charge in [0.15, 0.2) is 0 Å². The summed E-state index contributed by atoms with van der Waals surface area (Å²) in [5, 5.41) is 5.98. The molecule has 1 aromatic carbocycles. The maximum atomic E-state index is 11.4. The highest BCUT2D eigenvalue weighted by Crippen LogP contribution is 2.25. The van der Waals surface area contributed by atoms with Gasteiger partial charge in [0, 0.05) is 11.5 Å². The van der Waals surface area contributed by atoms with Crippen molar-refractivity contribution in [1.29, 1.82) is 0 Å². The largest absolute Gasteiger partial charge is 0.324 e. The number of nitrogens with zero attached hydrogens (tertiary/aromatic N) is 4. The van der Waals surface area contributed by atoms with E-state index in [1.54, 1.807) is 0 Å². The summed E-state index contributed by atoms with van der Waals surface area (Å²) in [6.07, 6.45) is 0. The second kappa shape index (κ2) is 5.22. The maximum absolute atomic E-state index is 11.4. The lowest BCUT2D eigenvalue weighted by atomic mass is 9.94. The highest BCUT2D eigenvalue weighted by Gasteiger charge is 2.26. The third-order valence-electron chi connectivity index (χ3n) is 3.20. The molecule has 1 N–H and O–H groups in total. The number of amides is 3. The Kier molecular flexibility index (Phi) is 3.63. The lowest BCUT2D eigenvalue weighted by Crippen LogP contribution is -2.27. The summed E-state index contributed by atoms with van der Waals surface area (Å²) in [7, 11) is 0. The van der Waals surface area contributed by atoms with Gasteiger partial charge in [-0.2, -0.15) is 0 Å². The van der Waals surface area contributed by atoms with Crippen molar-refractivity contribution in [3.8, 4) is 0 Å². The predicted molar refractivity (Wildman–Crippen MR) is 72.6 cm³/mol. The molecule has 20 heavy (non-hydrogen) atoms. The molecule has 0 radical (unpaired) electrons. The molecule has 2 rings (SSSR count). The Morgan fingerprint density at radius 2 is 2.00 bits per heavy atom. The maximum Gasteiger partial charge on any atom is 0.324 e. The molecule has 7 nitrogen and oxygen atoms in total. The molecule has 3 amide bonds. The van der Waals surface area contributed by atoms with E-state index in [-0.39, 0.29) is 18.5 Å². The minimum atomic E-state index is -0.617. The minimum absolute atomic E-state index is 0.0881. The molecular weight excluding hydrogens is 258 g/mol. The Morgan fingerprint density at radius 1 is 1.35 bits per heavy atom. The summed E-state index contributed by atoms with van der Waals surface area (Å²) in [6.45, 7) is 4.12. The standard InChI is InChI=1S/C13H15N5O2/c1-13(2,16-17-14)10-5-3-9(4-6-10)7-18-8-11(19)15-12(18)20/h3-6H,7-8H2,1-2H3,(H,15,19,20). The number of carbonyl (C=O) groups is 2. The fraction of sp³-hybridized carbons (Fsp3) is 0.385. The Bertz CT molecular complexity index is 587. The summed E-state index contributed by atoms with van der Waals surface area (Å²) in [6, 6.07) is 7.08. The van der Waals surface area contributed by atoms with Crippen molar-refractivity contribution in [3.05, 3.63) is 45.8 Å². The SMILES string of the molecule is CC(C)(N=[N+]=[N-])c1ccc(CN2CC(=O)NC2=O)cc1. The van der Waals surface area contributed by atoms with E-state index < -0.39 is 5.54 Å². The monoisotopic (exact) mass is 273 g/mol. The third-order valence-corrected chi connectivity index (χ3v) is 3.20. The number of nitrogens with one attached hydrogen (secondary N) is 1. The first kappa shape index (κ1) is 13.9. The quantitative estimate of drug-likeness (QED) is 0.394. The average Bonchev–Trinajstić information content (AvgIpc) is 2.68. The Labute approximate surface area is 116 Å². The van der Waals surface area contributed by atoms with Crippen molar-refractivity contribution in [2.24, 2.45) is 5.11 Å². The molecule has 7 heteroatoms. The first-order valence-electron chi connectivity index (χ1n) is 6.17. The van der Waals surface area contributed by atoms with Crippen LogP contribution < -0.4 is 5.32 Å². The van der Waals surface area contributed by atoms with Crippen LogP contribution in [-0.2, 0) is 16.9 Å². The number of urea groups is 1. The zero-order valence-corrected chi connectivity index (χ0v) is 11.3. The summed E-state index contributed by atoms with van der Waals surface area (Å²) >= 11 is 0. The van der Waals surface area contributed by atoms with Crippen LogP contribution in [0, 0.1) is 0 Å². The molecule has 0 atom stereocenters. The summed E-state index contributed by atoms with van der Waals surface area (Å²) in [5.41, 5.74) is 9.72. The summed E-state index contributed by atoms with van der Waals surface area (Å²) in [4.78, 5) is 26.8. The fourth-order valence-corrected chi connectivity index (χ4v) is 2.02. The average molecular weight is 273 g/mol. The van der Waals surface area contributed by atoms with Gasteiger partial charge >= 0.3 is 6.03 Å². The number of carbonyl (C=O) groups excluding carboxylic acids is 2. The Balaban J connectivity index is 2.11. The molecule has 0 spiro atoms. The number of benzene rings is 1. The van der Waals surface area contributed by atoms with Gasteiger partial charge in [-0.1, -0.05) is 43.2 Å². The van der Waals surface area contributed by atoms with Gasteiger partial charge in [0.25, 0.3) is 0 Å². The van der Waals surface area contributed by atoms with Gasteiger partial charge in [-0.15, -0.1) is 0 Å². The van der Waals surface area contributed by atoms with Crippen molar-refractivity contribution in [3.63, 3.8) is 0 Å². The lowest BCUT2D eigenvalue weighted by Gasteiger charge is -2.19. The molecule has 1 aliphatic rings. The predicted octanol–water partition coefficient (Wildman–Crippen LogP) is 2.28. The van der Waals surface area contributed by atoms with Crippen molar-refractivity contribution in [2.75, 3.05) is 6.54 Å². The molecular formula is C13H15N5O2. The van der Waals surface area contributed by atoms with Crippen molar-refractivity contribution in [2.45, 2.75) is 25.9 Å². The highest BCUT2D eigenvalue weighted by atomic mass is 16.2. The van der Waals surface area contributed by atoms with Gasteiger partial charge in [-0.05, 0) is 16.7 Å². The molecule has 1 fully saturated rings. The Hall–Kier alpha value is -2.53. The molecule has 1 aromatic rings. The van der Waals surface area contributed by atoms with E-state index in [4.69, 9.17) is 5.53 Å². The summed E-state index contributed by atoms with van der Waals surface area (Å²) < 4.78 is 0. The van der Waals surface area contributed by atoms with Crippen LogP contribution in [0.25, 0.3) is 10.4 Å². The van der Waals surface area contributed by atoms with Crippen LogP contribution in [-0.4, -0.2) is 23.4 Å². The second-order valence-electron chi connectivity index (χ2n) is 5.15. The number of azide groups is 1. The highest BCUT2D eigenvalue weighted by molar-refractivity contribution is 6.01. The number of hydrogen-bond acceptors (Lipinski definition) is 3. The Morgan fingerprint density at radius 3 is 2.50 bits per heavy atom. The second-order valence-corrected chi connectivity index (χ2v) is 5.15. The summed E-state index contributed by atoms with van der Waals surface area (Å²) in [5.74, 6) is -0.281. The van der Waals surface area contributed by atoms with Crippen molar-refractivity contribution in [1.82, 2.24) is 10.2 Å². The van der Waals surface area contributed by atoms with Crippen LogP contribution in [0.2, 0.25) is 0 Å². The smallest absolute Gasteiger partial charge is 0.311 e. The van der Waals surface area contributed by atoms with Crippen molar-refractivity contribution >= 4 is 11.9 Å². The molecule has 1 heterocycles. The van der Waals surface area contributed by atoms with Crippen molar-refractivity contribution < 1.29 is 9.59 Å². The first-order chi connectivity index (χ1) is 9.42. The number of imide groups is 1. The van der Waals surface area contributed by atoms with Crippen LogP contribution in [0.1, 0.15) is 25.0 Å². The normalized spacial score (nSPS) is 15.0. The van der Waals surface area contributed by atoms with Gasteiger partial charge < -0.3 is 4.90 Å². The third kappa shape index (κ3) is 2.89. The lowest BCUT2D eigenvalue weighted by molar-refractivity contribution is -0.118. The molecule has 0 aromatic heterocycles. The first-order valence-corrected chi connectivity index (χ1v) is 6.17. The molecule has 0 aliphatic carbocycles. The van der Waals surface area contributed by atoms with Gasteiger partial charge in [0.1, 0.15) is 6.54 Å². The van der Waals surface area contributed by atoms with Gasteiger partial charge in [-0.25, -0.2) is 4.79 Å². The molecule has 0 bridgehead atoms. The molecule has 0 saturated carbocycles. The van der Waals surface area contributed by atoms with E-state index in [0.717, 1.165) is 11.1 Å². The van der Waals surface area contributed by atoms with E-state index >= 15 is 0 Å². The molecule has 0 unspecified atom stereocenters. The van der Waals surface area contributed by atoms with Crippen LogP contribution in [0.4, 0.5) is 4.79 Å². The molecule has 104 valence electrons. The zero-order chi connectivity index (χ0) is 14.8. The molecule has 1 aliphatic heterocycles. The van der Waals surface area contributed by atoms with E-state index in [1.807, 2.05) is 38.1 Å². The van der Waals surface area contributed by atoms with E-state index in [1.165, 1.54) is 4.90 Å². The van der Waals surface area contributed by atoms with Crippen LogP contribution in [0.3, 0.4) is 0 Å². The minimum Gasteiger partial charge on any atom is -0.311 e. The van der Waals surface area contributed by atoms with E-state index in [2.05, 4.69) is 15.3 Å². The van der Waals surface area contributed by atoms with Gasteiger partial charge in [0.2, 0.25) is 5.91 Å². The number of hydrogen-bond donors (Lipinski definition) is 1. The van der Waals surface area contributed by atoms with Gasteiger partial charge in [0.05, 0.1) is 5.54 Å². The topological polar surface area (TPSA) is 98.2 Å². The van der Waals surface area contributed by atoms with Gasteiger partial charge in [-0.3, -0.25) is 10.1 Å². The van der Waals surface area contributed by atoms with Crippen LogP contribution in [0.5, 0.6) is 0 Å². The zero-order valence-electron chi connectivity index (χ0n) is 11.3.